The Balaban J connectivity index is 2.71. The number of methoxy groups -OCH3 is 1. The molecule has 0 fully saturated rings. The van der Waals surface area contributed by atoms with Gasteiger partial charge in [-0.3, -0.25) is 4.79 Å². The number of rotatable bonds is 5. The highest BCUT2D eigenvalue weighted by Crippen LogP contribution is 2.11. The van der Waals surface area contributed by atoms with E-state index in [1.54, 1.807) is 0 Å². The second-order valence-electron chi connectivity index (χ2n) is 3.99. The minimum Gasteiger partial charge on any atom is -0.467 e. The van der Waals surface area contributed by atoms with Crippen LogP contribution in [0.25, 0.3) is 0 Å². The molecular formula is C13H18N2O3. The normalized spacial score (nSPS) is 11.5. The number of hydrogen-bond acceptors (Lipinski definition) is 4. The van der Waals surface area contributed by atoms with E-state index < -0.39 is 12.0 Å². The van der Waals surface area contributed by atoms with Crippen LogP contribution in [-0.4, -0.2) is 38.6 Å². The largest absolute Gasteiger partial charge is 0.467 e. The molecule has 1 rings (SSSR count). The number of likely N-dealkylation sites (N-methyl/N-ethyl adjacent to an activating group) is 1. The Labute approximate surface area is 107 Å². The molecule has 0 aromatic heterocycles. The first kappa shape index (κ1) is 14.0. The molecule has 0 saturated heterocycles. The first-order valence-electron chi connectivity index (χ1n) is 5.65. The van der Waals surface area contributed by atoms with Crippen LogP contribution in [-0.2, 0) is 14.3 Å². The third-order valence-corrected chi connectivity index (χ3v) is 2.52. The number of ether oxygens (including phenoxy) is 1. The van der Waals surface area contributed by atoms with E-state index in [0.29, 0.717) is 6.54 Å². The second kappa shape index (κ2) is 6.64. The standard InChI is InChI=1S/C13H18N2O3/c1-10(16)14-12(13(17)18-3)9-15(2)11-7-5-4-6-8-11/h4-8,12H,9H2,1-3H3,(H,14,16). The van der Waals surface area contributed by atoms with E-state index in [0.717, 1.165) is 5.69 Å². The summed E-state index contributed by atoms with van der Waals surface area (Å²) in [6.07, 6.45) is 0. The number of nitrogens with one attached hydrogen (secondary N) is 1. The maximum absolute atomic E-state index is 11.6. The minimum absolute atomic E-state index is 0.258. The van der Waals surface area contributed by atoms with Crippen molar-refractivity contribution in [3.05, 3.63) is 30.3 Å². The van der Waals surface area contributed by atoms with Gasteiger partial charge in [-0.05, 0) is 12.1 Å². The highest BCUT2D eigenvalue weighted by molar-refractivity contribution is 5.83. The summed E-state index contributed by atoms with van der Waals surface area (Å²) in [6, 6.07) is 8.94. The molecule has 0 aliphatic carbocycles. The van der Waals surface area contributed by atoms with Gasteiger partial charge in [0, 0.05) is 26.2 Å². The van der Waals surface area contributed by atoms with Gasteiger partial charge in [0.2, 0.25) is 5.91 Å². The summed E-state index contributed by atoms with van der Waals surface area (Å²) in [6.45, 7) is 1.73. The number of carbonyl (C=O) groups is 2. The van der Waals surface area contributed by atoms with Gasteiger partial charge in [-0.2, -0.15) is 0 Å². The predicted octanol–water partition coefficient (Wildman–Crippen LogP) is 0.800. The minimum atomic E-state index is -0.669. The van der Waals surface area contributed by atoms with Gasteiger partial charge in [0.1, 0.15) is 6.04 Å². The Morgan fingerprint density at radius 2 is 1.94 bits per heavy atom. The van der Waals surface area contributed by atoms with E-state index >= 15 is 0 Å². The highest BCUT2D eigenvalue weighted by atomic mass is 16.5. The Bertz CT molecular complexity index is 406. The molecule has 0 aliphatic heterocycles. The summed E-state index contributed by atoms with van der Waals surface area (Å²) < 4.78 is 4.67. The number of anilines is 1. The van der Waals surface area contributed by atoms with Gasteiger partial charge in [-0.25, -0.2) is 4.79 Å². The molecule has 18 heavy (non-hydrogen) atoms. The Morgan fingerprint density at radius 3 is 2.44 bits per heavy atom. The van der Waals surface area contributed by atoms with E-state index in [4.69, 9.17) is 0 Å². The topological polar surface area (TPSA) is 58.6 Å². The number of hydrogen-bond donors (Lipinski definition) is 1. The van der Waals surface area contributed by atoms with Gasteiger partial charge in [0.15, 0.2) is 0 Å². The average molecular weight is 250 g/mol. The molecule has 1 amide bonds. The van der Waals surface area contributed by atoms with Crippen LogP contribution in [0.5, 0.6) is 0 Å². The van der Waals surface area contributed by atoms with Crippen molar-refractivity contribution in [2.45, 2.75) is 13.0 Å². The summed E-state index contributed by atoms with van der Waals surface area (Å²) in [5, 5.41) is 2.58. The van der Waals surface area contributed by atoms with E-state index in [-0.39, 0.29) is 5.91 Å². The van der Waals surface area contributed by atoms with E-state index in [1.165, 1.54) is 14.0 Å². The first-order valence-corrected chi connectivity index (χ1v) is 5.65. The van der Waals surface area contributed by atoms with Crippen molar-refractivity contribution in [3.63, 3.8) is 0 Å². The molecule has 0 aliphatic rings. The highest BCUT2D eigenvalue weighted by Gasteiger charge is 2.21. The van der Waals surface area contributed by atoms with Crippen molar-refractivity contribution in [1.29, 1.82) is 0 Å². The molecule has 1 unspecified atom stereocenters. The fourth-order valence-corrected chi connectivity index (χ4v) is 1.63. The third-order valence-electron chi connectivity index (χ3n) is 2.52. The quantitative estimate of drug-likeness (QED) is 0.785. The van der Waals surface area contributed by atoms with Crippen LogP contribution in [0, 0.1) is 0 Å². The van der Waals surface area contributed by atoms with Crippen LogP contribution in [0.1, 0.15) is 6.92 Å². The van der Waals surface area contributed by atoms with Crippen molar-refractivity contribution >= 4 is 17.6 Å². The summed E-state index contributed by atoms with van der Waals surface area (Å²) in [5.41, 5.74) is 0.969. The zero-order chi connectivity index (χ0) is 13.5. The number of carbonyl (C=O) groups excluding carboxylic acids is 2. The summed E-state index contributed by atoms with van der Waals surface area (Å²) in [7, 11) is 3.16. The first-order chi connectivity index (χ1) is 8.54. The summed E-state index contributed by atoms with van der Waals surface area (Å²) >= 11 is 0. The Morgan fingerprint density at radius 1 is 1.33 bits per heavy atom. The lowest BCUT2D eigenvalue weighted by molar-refractivity contribution is -0.144. The number of nitrogens with zero attached hydrogens (tertiary/aromatic N) is 1. The van der Waals surface area contributed by atoms with Crippen LogP contribution in [0.3, 0.4) is 0 Å². The Kier molecular flexibility index (Phi) is 5.17. The summed E-state index contributed by atoms with van der Waals surface area (Å²) in [4.78, 5) is 24.5. The number of esters is 1. The van der Waals surface area contributed by atoms with Crippen LogP contribution < -0.4 is 10.2 Å². The molecule has 1 aromatic rings. The van der Waals surface area contributed by atoms with Crippen LogP contribution in [0.15, 0.2) is 30.3 Å². The monoisotopic (exact) mass is 250 g/mol. The molecule has 0 bridgehead atoms. The van der Waals surface area contributed by atoms with Crippen molar-refractivity contribution in [3.8, 4) is 0 Å². The molecule has 0 heterocycles. The van der Waals surface area contributed by atoms with Gasteiger partial charge in [-0.1, -0.05) is 18.2 Å². The van der Waals surface area contributed by atoms with Crippen LogP contribution in [0.2, 0.25) is 0 Å². The zero-order valence-corrected chi connectivity index (χ0v) is 10.8. The molecule has 98 valence electrons. The molecule has 0 radical (unpaired) electrons. The smallest absolute Gasteiger partial charge is 0.330 e. The van der Waals surface area contributed by atoms with Gasteiger partial charge in [-0.15, -0.1) is 0 Å². The van der Waals surface area contributed by atoms with Crippen LogP contribution >= 0.6 is 0 Å². The van der Waals surface area contributed by atoms with Crippen molar-refractivity contribution in [1.82, 2.24) is 5.32 Å². The molecule has 1 aromatic carbocycles. The third kappa shape index (κ3) is 4.08. The lowest BCUT2D eigenvalue weighted by Gasteiger charge is -2.24. The second-order valence-corrected chi connectivity index (χ2v) is 3.99. The van der Waals surface area contributed by atoms with Gasteiger partial charge >= 0.3 is 5.97 Å². The summed E-state index contributed by atoms with van der Waals surface area (Å²) in [5.74, 6) is -0.708. The molecule has 1 N–H and O–H groups in total. The van der Waals surface area contributed by atoms with E-state index in [1.807, 2.05) is 42.3 Å². The molecule has 5 heteroatoms. The molecule has 1 atom stereocenters. The predicted molar refractivity (Wildman–Crippen MR) is 69.3 cm³/mol. The number of amides is 1. The van der Waals surface area contributed by atoms with Gasteiger partial charge < -0.3 is 15.0 Å². The molecule has 5 nitrogen and oxygen atoms in total. The van der Waals surface area contributed by atoms with Crippen LogP contribution in [0.4, 0.5) is 5.69 Å². The zero-order valence-electron chi connectivity index (χ0n) is 10.8. The Hall–Kier alpha value is -2.04. The van der Waals surface area contributed by atoms with Gasteiger partial charge in [0.05, 0.1) is 7.11 Å². The van der Waals surface area contributed by atoms with Gasteiger partial charge in [0.25, 0.3) is 0 Å². The van der Waals surface area contributed by atoms with Crippen molar-refractivity contribution in [2.24, 2.45) is 0 Å². The lowest BCUT2D eigenvalue weighted by Crippen LogP contribution is -2.47. The van der Waals surface area contributed by atoms with Crippen molar-refractivity contribution < 1.29 is 14.3 Å². The number of benzene rings is 1. The molecule has 0 saturated carbocycles. The van der Waals surface area contributed by atoms with E-state index in [9.17, 15) is 9.59 Å². The average Bonchev–Trinajstić information content (AvgIpc) is 2.37. The SMILES string of the molecule is COC(=O)C(CN(C)c1ccccc1)NC(C)=O. The number of para-hydroxylation sites is 1. The lowest BCUT2D eigenvalue weighted by atomic mass is 10.2. The maximum Gasteiger partial charge on any atom is 0.330 e. The maximum atomic E-state index is 11.6. The fourth-order valence-electron chi connectivity index (χ4n) is 1.63. The molecule has 0 spiro atoms. The van der Waals surface area contributed by atoms with Crippen molar-refractivity contribution in [2.75, 3.05) is 25.6 Å². The fraction of sp³-hybridized carbons (Fsp3) is 0.385. The van der Waals surface area contributed by atoms with E-state index in [2.05, 4.69) is 10.1 Å². The molecular weight excluding hydrogens is 232 g/mol.